The molecular weight excluding hydrogens is 358 g/mol. The average molecular weight is 414 g/mol. The first kappa shape index (κ1) is 28.3. The highest BCUT2D eigenvalue weighted by Gasteiger charge is 1.96. The number of hydrogen-bond acceptors (Lipinski definition) is 2. The summed E-state index contributed by atoms with van der Waals surface area (Å²) in [5, 5.41) is 0. The van der Waals surface area contributed by atoms with Crippen molar-refractivity contribution in [2.24, 2.45) is 5.73 Å². The van der Waals surface area contributed by atoms with Crippen LogP contribution in [0.5, 0.6) is 0 Å². The van der Waals surface area contributed by atoms with Crippen LogP contribution in [0.1, 0.15) is 154 Å². The van der Waals surface area contributed by atoms with Gasteiger partial charge in [-0.05, 0) is 25.1 Å². The van der Waals surface area contributed by atoms with Crippen molar-refractivity contribution in [3.8, 4) is 0 Å². The summed E-state index contributed by atoms with van der Waals surface area (Å²) < 4.78 is 0. The highest BCUT2D eigenvalue weighted by Crippen LogP contribution is 2.15. The highest BCUT2D eigenvalue weighted by molar-refractivity contribution is 7.80. The van der Waals surface area contributed by atoms with Crippen molar-refractivity contribution < 1.29 is 0 Å². The zero-order chi connectivity index (χ0) is 20.4. The Hall–Kier alpha value is 0.310. The van der Waals surface area contributed by atoms with Crippen LogP contribution in [-0.2, 0) is 0 Å². The van der Waals surface area contributed by atoms with Gasteiger partial charge in [0.25, 0.3) is 0 Å². The number of hydrogen-bond donors (Lipinski definition) is 2. The Morgan fingerprint density at radius 2 is 0.464 bits per heavy atom. The van der Waals surface area contributed by atoms with Crippen molar-refractivity contribution in [2.75, 3.05) is 12.3 Å². The molecule has 1 nitrogen and oxygen atoms in total. The molecule has 0 saturated heterocycles. The Bertz CT molecular complexity index is 231. The third-order valence-electron chi connectivity index (χ3n) is 6.11. The van der Waals surface area contributed by atoms with Gasteiger partial charge in [0, 0.05) is 0 Å². The van der Waals surface area contributed by atoms with E-state index < -0.39 is 0 Å². The maximum atomic E-state index is 5.52. The second-order valence-corrected chi connectivity index (χ2v) is 9.44. The number of unbranched alkanes of at least 4 members (excludes halogenated alkanes) is 23. The summed E-state index contributed by atoms with van der Waals surface area (Å²) in [6, 6.07) is 0. The standard InChI is InChI=1S/C26H55NS/c27-25-23-21-19-17-15-13-11-9-7-5-3-1-2-4-6-8-10-12-14-16-18-20-22-24-26-28/h28H,1-27H2. The van der Waals surface area contributed by atoms with E-state index >= 15 is 0 Å². The largest absolute Gasteiger partial charge is 0.330 e. The monoisotopic (exact) mass is 413 g/mol. The Labute approximate surface area is 184 Å². The van der Waals surface area contributed by atoms with E-state index in [4.69, 9.17) is 5.73 Å². The van der Waals surface area contributed by atoms with Gasteiger partial charge in [-0.2, -0.15) is 12.6 Å². The van der Waals surface area contributed by atoms with E-state index in [0.29, 0.717) is 0 Å². The molecule has 0 aliphatic heterocycles. The predicted octanol–water partition coefficient (Wildman–Crippen LogP) is 9.24. The lowest BCUT2D eigenvalue weighted by atomic mass is 10.0. The molecule has 0 aliphatic carbocycles. The van der Waals surface area contributed by atoms with Gasteiger partial charge >= 0.3 is 0 Å². The molecule has 0 amide bonds. The van der Waals surface area contributed by atoms with Crippen LogP contribution in [0.15, 0.2) is 0 Å². The molecule has 0 aromatic carbocycles. The molecule has 0 radical (unpaired) electrons. The first-order chi connectivity index (χ1) is 13.9. The van der Waals surface area contributed by atoms with Crippen molar-refractivity contribution in [3.63, 3.8) is 0 Å². The Balaban J connectivity index is 2.96. The highest BCUT2D eigenvalue weighted by atomic mass is 32.1. The third kappa shape index (κ3) is 26.3. The van der Waals surface area contributed by atoms with Crippen molar-refractivity contribution in [2.45, 2.75) is 154 Å². The van der Waals surface area contributed by atoms with Crippen LogP contribution in [0.2, 0.25) is 0 Å². The molecule has 2 heteroatoms. The molecule has 0 atom stereocenters. The maximum absolute atomic E-state index is 5.52. The van der Waals surface area contributed by atoms with Crippen LogP contribution < -0.4 is 5.73 Å². The SMILES string of the molecule is NCCCCCCCCCCCCCCCCCCCCCCCCCCS. The molecule has 28 heavy (non-hydrogen) atoms. The molecule has 0 heterocycles. The van der Waals surface area contributed by atoms with Crippen LogP contribution in [0.3, 0.4) is 0 Å². The third-order valence-corrected chi connectivity index (χ3v) is 6.43. The Morgan fingerprint density at radius 3 is 0.643 bits per heavy atom. The van der Waals surface area contributed by atoms with Crippen LogP contribution in [0.25, 0.3) is 0 Å². The van der Waals surface area contributed by atoms with Crippen LogP contribution >= 0.6 is 12.6 Å². The molecule has 0 unspecified atom stereocenters. The first-order valence-electron chi connectivity index (χ1n) is 13.2. The van der Waals surface area contributed by atoms with Gasteiger partial charge in [0.15, 0.2) is 0 Å². The number of rotatable bonds is 25. The molecule has 0 bridgehead atoms. The zero-order valence-electron chi connectivity index (χ0n) is 19.4. The molecule has 0 fully saturated rings. The average Bonchev–Trinajstić information content (AvgIpc) is 2.71. The maximum Gasteiger partial charge on any atom is -0.00773 e. The smallest absolute Gasteiger partial charge is 0.00773 e. The van der Waals surface area contributed by atoms with E-state index in [-0.39, 0.29) is 0 Å². The van der Waals surface area contributed by atoms with Crippen LogP contribution in [0, 0.1) is 0 Å². The summed E-state index contributed by atoms with van der Waals surface area (Å²) in [4.78, 5) is 0. The number of thiol groups is 1. The molecule has 0 aromatic rings. The lowest BCUT2D eigenvalue weighted by molar-refractivity contribution is 0.517. The molecule has 0 spiro atoms. The molecule has 0 aromatic heterocycles. The summed E-state index contributed by atoms with van der Waals surface area (Å²) in [6.07, 6.45) is 34.5. The molecular formula is C26H55NS. The van der Waals surface area contributed by atoms with Gasteiger partial charge in [-0.1, -0.05) is 141 Å². The zero-order valence-corrected chi connectivity index (χ0v) is 20.3. The van der Waals surface area contributed by atoms with E-state index in [1.807, 2.05) is 0 Å². The van der Waals surface area contributed by atoms with Gasteiger partial charge in [-0.3, -0.25) is 0 Å². The van der Waals surface area contributed by atoms with Gasteiger partial charge in [0.1, 0.15) is 0 Å². The molecule has 170 valence electrons. The summed E-state index contributed by atoms with van der Waals surface area (Å²) >= 11 is 4.27. The van der Waals surface area contributed by atoms with Crippen molar-refractivity contribution >= 4 is 12.6 Å². The van der Waals surface area contributed by atoms with Crippen molar-refractivity contribution in [3.05, 3.63) is 0 Å². The predicted molar refractivity (Wildman–Crippen MR) is 134 cm³/mol. The lowest BCUT2D eigenvalue weighted by Gasteiger charge is -2.04. The van der Waals surface area contributed by atoms with E-state index in [2.05, 4.69) is 12.6 Å². The van der Waals surface area contributed by atoms with E-state index in [9.17, 15) is 0 Å². The molecule has 0 saturated carbocycles. The van der Waals surface area contributed by atoms with E-state index in [1.54, 1.807) is 0 Å². The minimum absolute atomic E-state index is 0.873. The lowest BCUT2D eigenvalue weighted by Crippen LogP contribution is -1.97. The molecule has 2 N–H and O–H groups in total. The topological polar surface area (TPSA) is 26.0 Å². The van der Waals surface area contributed by atoms with E-state index in [1.165, 1.54) is 154 Å². The van der Waals surface area contributed by atoms with Gasteiger partial charge in [0.05, 0.1) is 0 Å². The first-order valence-corrected chi connectivity index (χ1v) is 13.9. The second-order valence-electron chi connectivity index (χ2n) is 9.00. The minimum atomic E-state index is 0.873. The van der Waals surface area contributed by atoms with E-state index in [0.717, 1.165) is 12.3 Å². The van der Waals surface area contributed by atoms with Gasteiger partial charge in [-0.25, -0.2) is 0 Å². The fourth-order valence-corrected chi connectivity index (χ4v) is 4.37. The van der Waals surface area contributed by atoms with Crippen molar-refractivity contribution in [1.82, 2.24) is 0 Å². The van der Waals surface area contributed by atoms with Gasteiger partial charge in [-0.15, -0.1) is 0 Å². The fourth-order valence-electron chi connectivity index (χ4n) is 4.15. The Kier molecular flexibility index (Phi) is 27.6. The summed E-state index contributed by atoms with van der Waals surface area (Å²) in [6.45, 7) is 0.873. The second kappa shape index (κ2) is 27.3. The van der Waals surface area contributed by atoms with Crippen molar-refractivity contribution in [1.29, 1.82) is 0 Å². The summed E-state index contributed by atoms with van der Waals surface area (Å²) in [7, 11) is 0. The summed E-state index contributed by atoms with van der Waals surface area (Å²) in [5.41, 5.74) is 5.52. The minimum Gasteiger partial charge on any atom is -0.330 e. The van der Waals surface area contributed by atoms with Gasteiger partial charge in [0.2, 0.25) is 0 Å². The summed E-state index contributed by atoms with van der Waals surface area (Å²) in [5.74, 6) is 1.07. The normalized spacial score (nSPS) is 11.4. The number of nitrogens with two attached hydrogens (primary N) is 1. The molecule has 0 rings (SSSR count). The molecule has 0 aliphatic rings. The quantitative estimate of drug-likeness (QED) is 0.113. The Morgan fingerprint density at radius 1 is 0.286 bits per heavy atom. The van der Waals surface area contributed by atoms with Gasteiger partial charge < -0.3 is 5.73 Å². The van der Waals surface area contributed by atoms with Crippen LogP contribution in [-0.4, -0.2) is 12.3 Å². The fraction of sp³-hybridized carbons (Fsp3) is 1.00. The van der Waals surface area contributed by atoms with Crippen LogP contribution in [0.4, 0.5) is 0 Å².